The van der Waals surface area contributed by atoms with Crippen LogP contribution in [0, 0.1) is 10.8 Å². The Balaban J connectivity index is 2.45. The van der Waals surface area contributed by atoms with E-state index in [0.717, 1.165) is 43.2 Å². The SMILES string of the molecule is CC(C)(C)CCCCCCc1ccc(O)c(CCCCC(C)(C)C)c1O. The zero-order valence-electron chi connectivity index (χ0n) is 18.1. The predicted molar refractivity (Wildman–Crippen MR) is 113 cm³/mol. The number of hydrogen-bond donors (Lipinski definition) is 2. The van der Waals surface area contributed by atoms with Crippen molar-refractivity contribution < 1.29 is 10.2 Å². The number of rotatable bonds is 10. The predicted octanol–water partition coefficient (Wildman–Crippen LogP) is 7.40. The van der Waals surface area contributed by atoms with Crippen molar-refractivity contribution in [2.45, 2.75) is 106 Å². The molecule has 26 heavy (non-hydrogen) atoms. The van der Waals surface area contributed by atoms with Crippen molar-refractivity contribution in [3.05, 3.63) is 23.3 Å². The maximum absolute atomic E-state index is 10.6. The lowest BCUT2D eigenvalue weighted by atomic mass is 9.88. The first-order chi connectivity index (χ1) is 12.0. The van der Waals surface area contributed by atoms with Gasteiger partial charge in [-0.25, -0.2) is 0 Å². The molecule has 0 aliphatic rings. The molecule has 0 aliphatic heterocycles. The molecule has 0 spiro atoms. The lowest BCUT2D eigenvalue weighted by Crippen LogP contribution is -2.04. The molecule has 0 bridgehead atoms. The van der Waals surface area contributed by atoms with E-state index in [1.165, 1.54) is 32.1 Å². The Labute approximate surface area is 162 Å². The van der Waals surface area contributed by atoms with Crippen LogP contribution in [0.3, 0.4) is 0 Å². The van der Waals surface area contributed by atoms with Gasteiger partial charge in [-0.3, -0.25) is 0 Å². The molecule has 0 aromatic heterocycles. The average Bonchev–Trinajstić information content (AvgIpc) is 2.49. The molecule has 0 saturated heterocycles. The molecule has 1 aromatic rings. The van der Waals surface area contributed by atoms with Crippen molar-refractivity contribution in [3.8, 4) is 11.5 Å². The van der Waals surface area contributed by atoms with Crippen molar-refractivity contribution in [2.75, 3.05) is 0 Å². The molecule has 0 radical (unpaired) electrons. The van der Waals surface area contributed by atoms with Crippen LogP contribution < -0.4 is 0 Å². The summed E-state index contributed by atoms with van der Waals surface area (Å²) in [5.74, 6) is 0.572. The number of benzene rings is 1. The smallest absolute Gasteiger partial charge is 0.125 e. The molecular weight excluding hydrogens is 320 g/mol. The van der Waals surface area contributed by atoms with Crippen LogP contribution in [0.15, 0.2) is 12.1 Å². The zero-order chi connectivity index (χ0) is 19.8. The van der Waals surface area contributed by atoms with Gasteiger partial charge in [-0.2, -0.15) is 0 Å². The second-order valence-corrected chi connectivity index (χ2v) is 10.3. The molecule has 2 N–H and O–H groups in total. The van der Waals surface area contributed by atoms with Gasteiger partial charge in [0.05, 0.1) is 0 Å². The monoisotopic (exact) mass is 362 g/mol. The van der Waals surface area contributed by atoms with E-state index >= 15 is 0 Å². The summed E-state index contributed by atoms with van der Waals surface area (Å²) in [6.07, 6.45) is 11.1. The summed E-state index contributed by atoms with van der Waals surface area (Å²) in [6, 6.07) is 3.65. The van der Waals surface area contributed by atoms with Gasteiger partial charge in [0.15, 0.2) is 0 Å². The largest absolute Gasteiger partial charge is 0.508 e. The molecule has 0 amide bonds. The fourth-order valence-corrected chi connectivity index (χ4v) is 3.40. The molecule has 0 heterocycles. The number of phenolic OH excluding ortho intramolecular Hbond substituents is 2. The number of phenols is 2. The first-order valence-corrected chi connectivity index (χ1v) is 10.5. The van der Waals surface area contributed by atoms with Gasteiger partial charge in [-0.1, -0.05) is 73.3 Å². The highest BCUT2D eigenvalue weighted by Gasteiger charge is 2.14. The summed E-state index contributed by atoms with van der Waals surface area (Å²) >= 11 is 0. The van der Waals surface area contributed by atoms with Crippen molar-refractivity contribution in [1.29, 1.82) is 0 Å². The Morgan fingerprint density at radius 1 is 0.654 bits per heavy atom. The zero-order valence-corrected chi connectivity index (χ0v) is 18.1. The van der Waals surface area contributed by atoms with Gasteiger partial charge in [-0.15, -0.1) is 0 Å². The molecule has 2 nitrogen and oxygen atoms in total. The number of unbranched alkanes of at least 4 members (excludes halogenated alkanes) is 4. The van der Waals surface area contributed by atoms with Gasteiger partial charge in [0.1, 0.15) is 11.5 Å². The molecule has 0 fully saturated rings. The molecule has 1 aromatic carbocycles. The summed E-state index contributed by atoms with van der Waals surface area (Å²) in [5, 5.41) is 20.7. The molecule has 0 saturated carbocycles. The third-order valence-corrected chi connectivity index (χ3v) is 5.07. The Morgan fingerprint density at radius 3 is 1.73 bits per heavy atom. The minimum absolute atomic E-state index is 0.243. The van der Waals surface area contributed by atoms with E-state index in [4.69, 9.17) is 0 Å². The first-order valence-electron chi connectivity index (χ1n) is 10.5. The van der Waals surface area contributed by atoms with Crippen LogP contribution in [0.2, 0.25) is 0 Å². The molecular formula is C24H42O2. The maximum Gasteiger partial charge on any atom is 0.125 e. The molecule has 1 rings (SSSR count). The third-order valence-electron chi connectivity index (χ3n) is 5.07. The van der Waals surface area contributed by atoms with Gasteiger partial charge in [0, 0.05) is 5.56 Å². The van der Waals surface area contributed by atoms with E-state index in [2.05, 4.69) is 41.5 Å². The topological polar surface area (TPSA) is 40.5 Å². The maximum atomic E-state index is 10.6. The summed E-state index contributed by atoms with van der Waals surface area (Å²) in [5.41, 5.74) is 2.50. The van der Waals surface area contributed by atoms with E-state index in [1.807, 2.05) is 6.07 Å². The molecule has 2 heteroatoms. The Morgan fingerprint density at radius 2 is 1.15 bits per heavy atom. The second kappa shape index (κ2) is 10.2. The molecule has 0 atom stereocenters. The van der Waals surface area contributed by atoms with Gasteiger partial charge in [-0.05, 0) is 61.0 Å². The number of hydrogen-bond acceptors (Lipinski definition) is 2. The van der Waals surface area contributed by atoms with Crippen LogP contribution in [0.5, 0.6) is 11.5 Å². The highest BCUT2D eigenvalue weighted by atomic mass is 16.3. The lowest BCUT2D eigenvalue weighted by Gasteiger charge is -2.18. The third kappa shape index (κ3) is 9.50. The highest BCUT2D eigenvalue weighted by molar-refractivity contribution is 5.48. The standard InChI is InChI=1S/C24H42O2/c1-23(2,3)17-11-8-7-9-13-19-15-16-21(25)20(22(19)26)14-10-12-18-24(4,5)6/h15-16,25-26H,7-14,17-18H2,1-6H3. The number of aryl methyl sites for hydroxylation is 1. The first kappa shape index (κ1) is 22.9. The molecule has 150 valence electrons. The van der Waals surface area contributed by atoms with Crippen LogP contribution in [0.4, 0.5) is 0 Å². The van der Waals surface area contributed by atoms with Crippen LogP contribution in [-0.4, -0.2) is 10.2 Å². The normalized spacial score (nSPS) is 12.5. The minimum atomic E-state index is 0.243. The fraction of sp³-hybridized carbons (Fsp3) is 0.750. The van der Waals surface area contributed by atoms with Gasteiger partial charge in [0.25, 0.3) is 0 Å². The van der Waals surface area contributed by atoms with E-state index < -0.39 is 0 Å². The Hall–Kier alpha value is -1.18. The van der Waals surface area contributed by atoms with E-state index in [1.54, 1.807) is 6.07 Å². The lowest BCUT2D eigenvalue weighted by molar-refractivity contribution is 0.357. The molecule has 0 unspecified atom stereocenters. The van der Waals surface area contributed by atoms with Crippen LogP contribution >= 0.6 is 0 Å². The van der Waals surface area contributed by atoms with Crippen molar-refractivity contribution in [2.24, 2.45) is 10.8 Å². The van der Waals surface area contributed by atoms with Crippen LogP contribution in [0.1, 0.15) is 104 Å². The van der Waals surface area contributed by atoms with E-state index in [9.17, 15) is 10.2 Å². The summed E-state index contributed by atoms with van der Waals surface area (Å²) in [7, 11) is 0. The highest BCUT2D eigenvalue weighted by Crippen LogP contribution is 2.34. The summed E-state index contributed by atoms with van der Waals surface area (Å²) in [6.45, 7) is 13.7. The summed E-state index contributed by atoms with van der Waals surface area (Å²) in [4.78, 5) is 0. The van der Waals surface area contributed by atoms with E-state index in [0.29, 0.717) is 16.6 Å². The van der Waals surface area contributed by atoms with E-state index in [-0.39, 0.29) is 5.75 Å². The Kier molecular flexibility index (Phi) is 9.00. The van der Waals surface area contributed by atoms with Crippen LogP contribution in [-0.2, 0) is 12.8 Å². The Bertz CT molecular complexity index is 532. The van der Waals surface area contributed by atoms with Crippen molar-refractivity contribution in [3.63, 3.8) is 0 Å². The van der Waals surface area contributed by atoms with Crippen molar-refractivity contribution in [1.82, 2.24) is 0 Å². The van der Waals surface area contributed by atoms with Gasteiger partial charge < -0.3 is 10.2 Å². The van der Waals surface area contributed by atoms with Crippen LogP contribution in [0.25, 0.3) is 0 Å². The minimum Gasteiger partial charge on any atom is -0.508 e. The van der Waals surface area contributed by atoms with Gasteiger partial charge >= 0.3 is 0 Å². The van der Waals surface area contributed by atoms with Gasteiger partial charge in [0.2, 0.25) is 0 Å². The number of aromatic hydroxyl groups is 2. The summed E-state index contributed by atoms with van der Waals surface area (Å²) < 4.78 is 0. The quantitative estimate of drug-likeness (QED) is 0.426. The average molecular weight is 363 g/mol. The fourth-order valence-electron chi connectivity index (χ4n) is 3.40. The molecule has 0 aliphatic carbocycles. The second-order valence-electron chi connectivity index (χ2n) is 10.3. The van der Waals surface area contributed by atoms with Crippen molar-refractivity contribution >= 4 is 0 Å².